The lowest BCUT2D eigenvalue weighted by Crippen LogP contribution is -2.40. The molecule has 0 bridgehead atoms. The second-order valence-electron chi connectivity index (χ2n) is 13.7. The maximum absolute atomic E-state index is 13.6. The number of unbranched alkanes of at least 4 members (excludes halogenated alkanes) is 2. The molecule has 0 aliphatic heterocycles. The van der Waals surface area contributed by atoms with Gasteiger partial charge in [-0.25, -0.2) is 0 Å². The minimum Gasteiger partial charge on any atom is -0.489 e. The van der Waals surface area contributed by atoms with Crippen LogP contribution in [0.4, 0.5) is 0 Å². The number of rotatable bonds is 14. The first-order valence-electron chi connectivity index (χ1n) is 16.0. The molecule has 0 spiro atoms. The largest absolute Gasteiger partial charge is 0.489 e. The molecule has 5 nitrogen and oxygen atoms in total. The Bertz CT molecular complexity index is 1330. The van der Waals surface area contributed by atoms with Crippen LogP contribution in [-0.2, 0) is 27.4 Å². The van der Waals surface area contributed by atoms with Crippen LogP contribution in [-0.4, -0.2) is 24.9 Å². The van der Waals surface area contributed by atoms with E-state index in [0.29, 0.717) is 31.8 Å². The van der Waals surface area contributed by atoms with Crippen molar-refractivity contribution in [1.29, 1.82) is 0 Å². The highest BCUT2D eigenvalue weighted by Crippen LogP contribution is 2.53. The number of ketones is 1. The van der Waals surface area contributed by atoms with Crippen LogP contribution >= 0.6 is 15.9 Å². The Labute approximate surface area is 267 Å². The van der Waals surface area contributed by atoms with E-state index in [1.807, 2.05) is 55.6 Å². The standard InChI is InChI=1S/C36H49BrO5Si/c1-7-8-10-13-25(22-36(3,4)43(5,6)40)16-17-28-31(39)21-27-20-29-32(41-23-26-14-11-9-12-15-26)19-18-30(37)34(29)35(33(27)28)42-24(2)38/h9,11-12,14-15,18-19,25,27,35,40H,7-8,10,13,16-17,20-23H2,1-6H3/t25-,27?,35?/m0/s1. The van der Waals surface area contributed by atoms with Gasteiger partial charge in [0.05, 0.1) is 0 Å². The number of benzene rings is 2. The molecule has 0 aromatic heterocycles. The molecule has 0 saturated heterocycles. The predicted molar refractivity (Wildman–Crippen MR) is 178 cm³/mol. The summed E-state index contributed by atoms with van der Waals surface area (Å²) in [7, 11) is -2.36. The molecule has 4 rings (SSSR count). The first-order chi connectivity index (χ1) is 20.3. The van der Waals surface area contributed by atoms with Crippen LogP contribution in [0.3, 0.4) is 0 Å². The maximum atomic E-state index is 13.6. The SMILES string of the molecule is CCCCC[C@@H](CCC1=C2C(CC1=O)Cc1c(OCc3ccccc3)ccc(Br)c1C2OC(C)=O)CC(C)(C)[Si](C)(C)O. The van der Waals surface area contributed by atoms with Gasteiger partial charge in [-0.3, -0.25) is 9.59 Å². The zero-order valence-electron chi connectivity index (χ0n) is 26.8. The van der Waals surface area contributed by atoms with Gasteiger partial charge in [0.25, 0.3) is 0 Å². The number of allylic oxidation sites excluding steroid dienone is 1. The Kier molecular flexibility index (Phi) is 11.2. The van der Waals surface area contributed by atoms with Crippen molar-refractivity contribution in [1.82, 2.24) is 0 Å². The Morgan fingerprint density at radius 2 is 1.81 bits per heavy atom. The second-order valence-corrected chi connectivity index (χ2v) is 19.0. The van der Waals surface area contributed by atoms with Crippen molar-refractivity contribution in [3.8, 4) is 5.75 Å². The van der Waals surface area contributed by atoms with Crippen LogP contribution in [0.15, 0.2) is 58.1 Å². The van der Waals surface area contributed by atoms with E-state index in [1.54, 1.807) is 0 Å². The predicted octanol–water partition coefficient (Wildman–Crippen LogP) is 9.42. The Morgan fingerprint density at radius 1 is 1.09 bits per heavy atom. The molecule has 2 unspecified atom stereocenters. The summed E-state index contributed by atoms with van der Waals surface area (Å²) in [6, 6.07) is 14.0. The van der Waals surface area contributed by atoms with Gasteiger partial charge in [-0.15, -0.1) is 0 Å². The normalized spacial score (nSPS) is 19.2. The Hall–Kier alpha value is -2.22. The number of Topliss-reactive ketones (excluding diaryl/α,β-unsaturated/α-hetero) is 1. The van der Waals surface area contributed by atoms with E-state index in [0.717, 1.165) is 63.7 Å². The van der Waals surface area contributed by atoms with Gasteiger partial charge in [-0.1, -0.05) is 92.7 Å². The van der Waals surface area contributed by atoms with E-state index in [2.05, 4.69) is 36.7 Å². The summed E-state index contributed by atoms with van der Waals surface area (Å²) >= 11 is 3.75. The monoisotopic (exact) mass is 668 g/mol. The molecule has 0 radical (unpaired) electrons. The molecule has 43 heavy (non-hydrogen) atoms. The zero-order chi connectivity index (χ0) is 31.4. The Balaban J connectivity index is 1.66. The lowest BCUT2D eigenvalue weighted by Gasteiger charge is -2.38. The van der Waals surface area contributed by atoms with Crippen LogP contribution in [0.5, 0.6) is 5.75 Å². The average Bonchev–Trinajstić information content (AvgIpc) is 3.25. The van der Waals surface area contributed by atoms with E-state index in [9.17, 15) is 14.4 Å². The first kappa shape index (κ1) is 33.7. The summed E-state index contributed by atoms with van der Waals surface area (Å²) in [4.78, 5) is 37.1. The lowest BCUT2D eigenvalue weighted by molar-refractivity contribution is -0.145. The quantitative estimate of drug-likeness (QED) is 0.123. The molecule has 2 aliphatic rings. The minimum absolute atomic E-state index is 0.00788. The number of hydrogen-bond donors (Lipinski definition) is 1. The summed E-state index contributed by atoms with van der Waals surface area (Å²) in [5.41, 5.74) is 4.82. The number of hydrogen-bond acceptors (Lipinski definition) is 5. The van der Waals surface area contributed by atoms with E-state index in [1.165, 1.54) is 19.8 Å². The number of carbonyl (C=O) groups excluding carboxylic acids is 2. The average molecular weight is 670 g/mol. The molecule has 0 heterocycles. The van der Waals surface area contributed by atoms with Crippen molar-refractivity contribution in [3.05, 3.63) is 74.8 Å². The second kappa shape index (κ2) is 14.3. The van der Waals surface area contributed by atoms with Crippen molar-refractivity contribution in [2.75, 3.05) is 0 Å². The number of carbonyl (C=O) groups is 2. The van der Waals surface area contributed by atoms with Crippen LogP contribution < -0.4 is 4.74 Å². The summed E-state index contributed by atoms with van der Waals surface area (Å²) in [5, 5.41) is -0.116. The maximum Gasteiger partial charge on any atom is 0.303 e. The van der Waals surface area contributed by atoms with Gasteiger partial charge < -0.3 is 14.3 Å². The van der Waals surface area contributed by atoms with Crippen molar-refractivity contribution in [3.63, 3.8) is 0 Å². The molecule has 1 N–H and O–H groups in total. The summed E-state index contributed by atoms with van der Waals surface area (Å²) in [6.07, 6.45) is 7.67. The van der Waals surface area contributed by atoms with E-state index < -0.39 is 14.4 Å². The van der Waals surface area contributed by atoms with Gasteiger partial charge in [0.2, 0.25) is 0 Å². The fourth-order valence-corrected chi connectivity index (χ4v) is 8.09. The topological polar surface area (TPSA) is 72.8 Å². The smallest absolute Gasteiger partial charge is 0.303 e. The summed E-state index contributed by atoms with van der Waals surface area (Å²) < 4.78 is 13.2. The van der Waals surface area contributed by atoms with Crippen molar-refractivity contribution in [2.24, 2.45) is 11.8 Å². The molecular weight excluding hydrogens is 620 g/mol. The molecular formula is C36H49BrO5Si. The van der Waals surface area contributed by atoms with Crippen molar-refractivity contribution < 1.29 is 23.9 Å². The molecule has 3 atom stereocenters. The van der Waals surface area contributed by atoms with Gasteiger partial charge in [-0.05, 0) is 84.5 Å². The number of halogens is 1. The zero-order valence-corrected chi connectivity index (χ0v) is 29.4. The number of ether oxygens (including phenoxy) is 2. The molecule has 0 saturated carbocycles. The Morgan fingerprint density at radius 3 is 2.47 bits per heavy atom. The molecule has 0 amide bonds. The third kappa shape index (κ3) is 8.09. The molecule has 2 aromatic carbocycles. The summed E-state index contributed by atoms with van der Waals surface area (Å²) in [6.45, 7) is 12.6. The first-order valence-corrected chi connectivity index (χ1v) is 19.7. The van der Waals surface area contributed by atoms with Crippen LogP contribution in [0.1, 0.15) is 102 Å². The number of fused-ring (bicyclic) bond motifs is 2. The van der Waals surface area contributed by atoms with E-state index in [4.69, 9.17) is 9.47 Å². The van der Waals surface area contributed by atoms with Crippen LogP contribution in [0, 0.1) is 11.8 Å². The highest BCUT2D eigenvalue weighted by molar-refractivity contribution is 9.10. The lowest BCUT2D eigenvalue weighted by atomic mass is 9.77. The highest BCUT2D eigenvalue weighted by Gasteiger charge is 2.45. The third-order valence-corrected chi connectivity index (χ3v) is 14.0. The molecule has 2 aliphatic carbocycles. The van der Waals surface area contributed by atoms with E-state index >= 15 is 0 Å². The molecule has 0 fully saturated rings. The van der Waals surface area contributed by atoms with Crippen LogP contribution in [0.2, 0.25) is 18.1 Å². The summed E-state index contributed by atoms with van der Waals surface area (Å²) in [5.74, 6) is 1.00. The van der Waals surface area contributed by atoms with Gasteiger partial charge in [-0.2, -0.15) is 0 Å². The van der Waals surface area contributed by atoms with Crippen molar-refractivity contribution in [2.45, 2.75) is 116 Å². The fourth-order valence-electron chi connectivity index (χ4n) is 6.72. The molecule has 7 heteroatoms. The van der Waals surface area contributed by atoms with Gasteiger partial charge in [0.1, 0.15) is 12.4 Å². The van der Waals surface area contributed by atoms with Gasteiger partial charge in [0.15, 0.2) is 20.2 Å². The van der Waals surface area contributed by atoms with Gasteiger partial charge in [0, 0.05) is 28.9 Å². The molecule has 234 valence electrons. The number of esters is 1. The van der Waals surface area contributed by atoms with Gasteiger partial charge >= 0.3 is 5.97 Å². The van der Waals surface area contributed by atoms with E-state index in [-0.39, 0.29) is 22.7 Å². The highest BCUT2D eigenvalue weighted by atomic mass is 79.9. The third-order valence-electron chi connectivity index (χ3n) is 9.81. The fraction of sp³-hybridized carbons (Fsp3) is 0.556. The minimum atomic E-state index is -2.36. The van der Waals surface area contributed by atoms with Crippen molar-refractivity contribution >= 4 is 36.0 Å². The van der Waals surface area contributed by atoms with Crippen LogP contribution in [0.25, 0.3) is 0 Å². The molecule has 2 aromatic rings.